The maximum absolute atomic E-state index is 12.0. The van der Waals surface area contributed by atoms with E-state index in [4.69, 9.17) is 5.11 Å². The standard InChI is InChI=1S/C16H24N2O2/c1-12(11-19)17-16(20)18-15(14-9-5-6-10-14)13-7-3-2-4-8-13/h2-4,7-8,12,14-15,19H,5-6,9-11H2,1H3,(H2,17,18,20). The van der Waals surface area contributed by atoms with Gasteiger partial charge in [0.25, 0.3) is 0 Å². The van der Waals surface area contributed by atoms with Gasteiger partial charge in [-0.05, 0) is 31.2 Å². The Labute approximate surface area is 120 Å². The number of hydrogen-bond donors (Lipinski definition) is 3. The van der Waals surface area contributed by atoms with Gasteiger partial charge in [0.05, 0.1) is 18.7 Å². The van der Waals surface area contributed by atoms with Crippen LogP contribution in [-0.4, -0.2) is 23.8 Å². The fourth-order valence-corrected chi connectivity index (χ4v) is 2.88. The Morgan fingerprint density at radius 2 is 1.90 bits per heavy atom. The van der Waals surface area contributed by atoms with Crippen molar-refractivity contribution < 1.29 is 9.90 Å². The maximum Gasteiger partial charge on any atom is 0.315 e. The minimum Gasteiger partial charge on any atom is -0.394 e. The molecule has 1 aliphatic carbocycles. The normalized spacial score (nSPS) is 18.5. The van der Waals surface area contributed by atoms with E-state index in [2.05, 4.69) is 22.8 Å². The van der Waals surface area contributed by atoms with Gasteiger partial charge in [-0.15, -0.1) is 0 Å². The van der Waals surface area contributed by atoms with Crippen LogP contribution in [0.4, 0.5) is 4.79 Å². The molecule has 4 nitrogen and oxygen atoms in total. The summed E-state index contributed by atoms with van der Waals surface area (Å²) in [4.78, 5) is 12.0. The minimum absolute atomic E-state index is 0.0488. The predicted molar refractivity (Wildman–Crippen MR) is 79.4 cm³/mol. The number of nitrogens with one attached hydrogen (secondary N) is 2. The summed E-state index contributed by atoms with van der Waals surface area (Å²) in [6, 6.07) is 9.77. The van der Waals surface area contributed by atoms with Crippen molar-refractivity contribution in [1.29, 1.82) is 0 Å². The molecule has 2 unspecified atom stereocenters. The van der Waals surface area contributed by atoms with Crippen molar-refractivity contribution in [1.82, 2.24) is 10.6 Å². The lowest BCUT2D eigenvalue weighted by Crippen LogP contribution is -2.45. The fraction of sp³-hybridized carbons (Fsp3) is 0.562. The van der Waals surface area contributed by atoms with Gasteiger partial charge in [-0.2, -0.15) is 0 Å². The molecule has 0 heterocycles. The summed E-state index contributed by atoms with van der Waals surface area (Å²) >= 11 is 0. The molecule has 0 spiro atoms. The molecule has 0 radical (unpaired) electrons. The number of hydrogen-bond acceptors (Lipinski definition) is 2. The first-order valence-electron chi connectivity index (χ1n) is 7.43. The minimum atomic E-state index is -0.227. The van der Waals surface area contributed by atoms with E-state index in [1.807, 2.05) is 18.2 Å². The lowest BCUT2D eigenvalue weighted by molar-refractivity contribution is 0.213. The van der Waals surface area contributed by atoms with Gasteiger partial charge in [-0.3, -0.25) is 0 Å². The van der Waals surface area contributed by atoms with E-state index in [0.29, 0.717) is 5.92 Å². The van der Waals surface area contributed by atoms with Crippen LogP contribution in [0.1, 0.15) is 44.2 Å². The first-order valence-corrected chi connectivity index (χ1v) is 7.43. The number of carbonyl (C=O) groups excluding carboxylic acids is 1. The van der Waals surface area contributed by atoms with Crippen molar-refractivity contribution in [2.24, 2.45) is 5.92 Å². The smallest absolute Gasteiger partial charge is 0.315 e. The Bertz CT molecular complexity index is 416. The molecule has 20 heavy (non-hydrogen) atoms. The average molecular weight is 276 g/mol. The highest BCUT2D eigenvalue weighted by atomic mass is 16.3. The molecule has 1 saturated carbocycles. The maximum atomic E-state index is 12.0. The van der Waals surface area contributed by atoms with Crippen molar-refractivity contribution >= 4 is 6.03 Å². The summed E-state index contributed by atoms with van der Waals surface area (Å²) in [6.07, 6.45) is 4.81. The van der Waals surface area contributed by atoms with Crippen LogP contribution in [0.3, 0.4) is 0 Å². The summed E-state index contributed by atoms with van der Waals surface area (Å²) in [5.41, 5.74) is 1.16. The largest absolute Gasteiger partial charge is 0.394 e. The third-order valence-corrected chi connectivity index (χ3v) is 3.97. The number of aliphatic hydroxyl groups is 1. The van der Waals surface area contributed by atoms with Gasteiger partial charge in [0.1, 0.15) is 0 Å². The van der Waals surface area contributed by atoms with Crippen LogP contribution in [0.25, 0.3) is 0 Å². The average Bonchev–Trinajstić information content (AvgIpc) is 2.99. The zero-order valence-electron chi connectivity index (χ0n) is 12.0. The molecule has 110 valence electrons. The molecule has 1 aliphatic rings. The van der Waals surface area contributed by atoms with Gasteiger partial charge in [0.15, 0.2) is 0 Å². The van der Waals surface area contributed by atoms with Crippen LogP contribution in [-0.2, 0) is 0 Å². The molecule has 0 saturated heterocycles. The lowest BCUT2D eigenvalue weighted by atomic mass is 9.92. The first-order chi connectivity index (χ1) is 9.70. The molecular weight excluding hydrogens is 252 g/mol. The zero-order chi connectivity index (χ0) is 14.4. The quantitative estimate of drug-likeness (QED) is 0.774. The number of urea groups is 1. The van der Waals surface area contributed by atoms with Crippen LogP contribution in [0.2, 0.25) is 0 Å². The summed E-state index contributed by atoms with van der Waals surface area (Å²) < 4.78 is 0. The number of rotatable bonds is 5. The van der Waals surface area contributed by atoms with Gasteiger partial charge in [0, 0.05) is 0 Å². The molecule has 1 aromatic carbocycles. The van der Waals surface area contributed by atoms with Gasteiger partial charge in [0.2, 0.25) is 0 Å². The van der Waals surface area contributed by atoms with Crippen LogP contribution >= 0.6 is 0 Å². The van der Waals surface area contributed by atoms with E-state index in [0.717, 1.165) is 18.4 Å². The fourth-order valence-electron chi connectivity index (χ4n) is 2.88. The number of aliphatic hydroxyl groups excluding tert-OH is 1. The summed E-state index contributed by atoms with van der Waals surface area (Å²) in [5.74, 6) is 0.507. The Morgan fingerprint density at radius 3 is 2.50 bits per heavy atom. The molecule has 2 atom stereocenters. The van der Waals surface area contributed by atoms with Crippen LogP contribution in [0.15, 0.2) is 30.3 Å². The van der Waals surface area contributed by atoms with Crippen molar-refractivity contribution in [3.63, 3.8) is 0 Å². The second-order valence-corrected chi connectivity index (χ2v) is 5.63. The van der Waals surface area contributed by atoms with E-state index in [1.54, 1.807) is 6.92 Å². The van der Waals surface area contributed by atoms with Gasteiger partial charge in [-0.25, -0.2) is 4.79 Å². The molecule has 2 amide bonds. The van der Waals surface area contributed by atoms with E-state index in [1.165, 1.54) is 12.8 Å². The Hall–Kier alpha value is -1.55. The molecule has 0 aromatic heterocycles. The summed E-state index contributed by atoms with van der Waals surface area (Å²) in [5, 5.41) is 14.8. The molecule has 0 bridgehead atoms. The van der Waals surface area contributed by atoms with Crippen molar-refractivity contribution in [2.75, 3.05) is 6.61 Å². The predicted octanol–water partition coefficient (Wildman–Crippen LogP) is 2.60. The van der Waals surface area contributed by atoms with E-state index in [9.17, 15) is 4.79 Å². The highest BCUT2D eigenvalue weighted by Gasteiger charge is 2.27. The zero-order valence-corrected chi connectivity index (χ0v) is 12.0. The molecule has 3 N–H and O–H groups in total. The lowest BCUT2D eigenvalue weighted by Gasteiger charge is -2.26. The van der Waals surface area contributed by atoms with Crippen molar-refractivity contribution in [3.05, 3.63) is 35.9 Å². The van der Waals surface area contributed by atoms with Crippen molar-refractivity contribution in [3.8, 4) is 0 Å². The van der Waals surface area contributed by atoms with Crippen LogP contribution in [0, 0.1) is 5.92 Å². The molecule has 1 aromatic rings. The van der Waals surface area contributed by atoms with E-state index < -0.39 is 0 Å². The second kappa shape index (κ2) is 7.29. The number of benzene rings is 1. The topological polar surface area (TPSA) is 61.4 Å². The third kappa shape index (κ3) is 3.97. The van der Waals surface area contributed by atoms with Crippen LogP contribution in [0.5, 0.6) is 0 Å². The third-order valence-electron chi connectivity index (χ3n) is 3.97. The first kappa shape index (κ1) is 14.9. The van der Waals surface area contributed by atoms with Gasteiger partial charge in [-0.1, -0.05) is 43.2 Å². The monoisotopic (exact) mass is 276 g/mol. The molecule has 0 aliphatic heterocycles. The van der Waals surface area contributed by atoms with Gasteiger partial charge >= 0.3 is 6.03 Å². The van der Waals surface area contributed by atoms with Crippen molar-refractivity contribution in [2.45, 2.75) is 44.7 Å². The Morgan fingerprint density at radius 1 is 1.25 bits per heavy atom. The molecule has 4 heteroatoms. The summed E-state index contributed by atoms with van der Waals surface area (Å²) in [6.45, 7) is 1.74. The van der Waals surface area contributed by atoms with E-state index in [-0.39, 0.29) is 24.7 Å². The Kier molecular flexibility index (Phi) is 5.41. The second-order valence-electron chi connectivity index (χ2n) is 5.63. The highest BCUT2D eigenvalue weighted by molar-refractivity contribution is 5.74. The summed E-state index contributed by atoms with van der Waals surface area (Å²) in [7, 11) is 0. The van der Waals surface area contributed by atoms with Crippen LogP contribution < -0.4 is 10.6 Å². The Balaban J connectivity index is 2.05. The molecule has 1 fully saturated rings. The number of amides is 2. The molecule has 2 rings (SSSR count). The molecular formula is C16H24N2O2. The van der Waals surface area contributed by atoms with Gasteiger partial charge < -0.3 is 15.7 Å². The number of carbonyl (C=O) groups is 1. The van der Waals surface area contributed by atoms with E-state index >= 15 is 0 Å². The highest BCUT2D eigenvalue weighted by Crippen LogP contribution is 2.35. The SMILES string of the molecule is CC(CO)NC(=O)NC(c1ccccc1)C1CCCC1.